The Bertz CT molecular complexity index is 479. The minimum atomic E-state index is -0.490. The van der Waals surface area contributed by atoms with Crippen LogP contribution in [0, 0.1) is 13.8 Å². The summed E-state index contributed by atoms with van der Waals surface area (Å²) in [5, 5.41) is 3.34. The molecule has 1 aliphatic rings. The lowest BCUT2D eigenvalue weighted by Crippen LogP contribution is -2.65. The largest absolute Gasteiger partial charge is 0.309 e. The van der Waals surface area contributed by atoms with Gasteiger partial charge in [-0.15, -0.1) is 0 Å². The molecule has 0 bridgehead atoms. The number of hydrogen-bond donors (Lipinski definition) is 1. The van der Waals surface area contributed by atoms with Crippen LogP contribution in [0.15, 0.2) is 18.2 Å². The molecule has 0 aliphatic carbocycles. The molecular weight excluding hydrogens is 224 g/mol. The Morgan fingerprint density at radius 3 is 2.56 bits per heavy atom. The monoisotopic (exact) mass is 246 g/mol. The van der Waals surface area contributed by atoms with E-state index >= 15 is 0 Å². The van der Waals surface area contributed by atoms with E-state index in [9.17, 15) is 4.79 Å². The molecule has 0 spiro atoms. The first-order valence-electron chi connectivity index (χ1n) is 6.48. The third kappa shape index (κ3) is 2.27. The summed E-state index contributed by atoms with van der Waals surface area (Å²) in [5.74, 6) is 0.142. The smallest absolute Gasteiger partial charge is 0.246 e. The first-order chi connectivity index (χ1) is 8.31. The molecule has 1 saturated heterocycles. The van der Waals surface area contributed by atoms with Gasteiger partial charge in [-0.2, -0.15) is 0 Å². The van der Waals surface area contributed by atoms with Gasteiger partial charge >= 0.3 is 0 Å². The molecule has 2 rings (SSSR count). The van der Waals surface area contributed by atoms with Crippen molar-refractivity contribution in [3.8, 4) is 0 Å². The van der Waals surface area contributed by atoms with E-state index in [1.807, 2.05) is 24.8 Å². The lowest BCUT2D eigenvalue weighted by atomic mass is 9.96. The van der Waals surface area contributed by atoms with Crippen LogP contribution >= 0.6 is 0 Å². The summed E-state index contributed by atoms with van der Waals surface area (Å²) in [6.45, 7) is 10.9. The van der Waals surface area contributed by atoms with Crippen LogP contribution in [0.3, 0.4) is 0 Å². The Morgan fingerprint density at radius 2 is 1.94 bits per heavy atom. The van der Waals surface area contributed by atoms with Crippen LogP contribution in [-0.2, 0) is 4.79 Å². The van der Waals surface area contributed by atoms with Crippen molar-refractivity contribution in [3.63, 3.8) is 0 Å². The third-order valence-electron chi connectivity index (χ3n) is 3.65. The fourth-order valence-electron chi connectivity index (χ4n) is 2.53. The predicted octanol–water partition coefficient (Wildman–Crippen LogP) is 2.41. The van der Waals surface area contributed by atoms with E-state index < -0.39 is 5.54 Å². The van der Waals surface area contributed by atoms with Crippen LogP contribution < -0.4 is 10.2 Å². The molecular formula is C15H22N2O. The van der Waals surface area contributed by atoms with Gasteiger partial charge in [-0.3, -0.25) is 10.1 Å². The molecule has 3 heteroatoms. The lowest BCUT2D eigenvalue weighted by Gasteiger charge is -2.41. The van der Waals surface area contributed by atoms with E-state index in [0.29, 0.717) is 6.04 Å². The zero-order valence-electron chi connectivity index (χ0n) is 11.9. The Hall–Kier alpha value is -1.35. The molecule has 1 atom stereocenters. The van der Waals surface area contributed by atoms with Crippen molar-refractivity contribution < 1.29 is 4.79 Å². The highest BCUT2D eigenvalue weighted by Crippen LogP contribution is 2.25. The maximum atomic E-state index is 12.5. The Morgan fingerprint density at radius 1 is 1.28 bits per heavy atom. The average Bonchev–Trinajstić information content (AvgIpc) is 2.27. The fourth-order valence-corrected chi connectivity index (χ4v) is 2.53. The van der Waals surface area contributed by atoms with Gasteiger partial charge in [0.1, 0.15) is 0 Å². The normalized spacial score (nSPS) is 23.3. The minimum Gasteiger partial charge on any atom is -0.309 e. The van der Waals surface area contributed by atoms with E-state index in [1.165, 1.54) is 11.1 Å². The van der Waals surface area contributed by atoms with Crippen LogP contribution in [-0.4, -0.2) is 24.0 Å². The lowest BCUT2D eigenvalue weighted by molar-refractivity contribution is -0.125. The second kappa shape index (κ2) is 4.39. The molecule has 18 heavy (non-hydrogen) atoms. The number of hydrogen-bond acceptors (Lipinski definition) is 2. The summed E-state index contributed by atoms with van der Waals surface area (Å²) in [6, 6.07) is 6.52. The zero-order chi connectivity index (χ0) is 13.5. The summed E-state index contributed by atoms with van der Waals surface area (Å²) >= 11 is 0. The fraction of sp³-hybridized carbons (Fsp3) is 0.533. The third-order valence-corrected chi connectivity index (χ3v) is 3.65. The Balaban J connectivity index is 2.36. The second-order valence-electron chi connectivity index (χ2n) is 5.85. The van der Waals surface area contributed by atoms with Gasteiger partial charge < -0.3 is 4.90 Å². The molecule has 0 radical (unpaired) electrons. The topological polar surface area (TPSA) is 32.3 Å². The van der Waals surface area contributed by atoms with Gasteiger partial charge in [0.05, 0.1) is 5.54 Å². The maximum Gasteiger partial charge on any atom is 0.246 e. The van der Waals surface area contributed by atoms with Gasteiger partial charge in [0.25, 0.3) is 0 Å². The molecule has 3 nitrogen and oxygen atoms in total. The van der Waals surface area contributed by atoms with Crippen molar-refractivity contribution in [2.75, 3.05) is 11.4 Å². The van der Waals surface area contributed by atoms with Crippen LogP contribution in [0.2, 0.25) is 0 Å². The minimum absolute atomic E-state index is 0.142. The van der Waals surface area contributed by atoms with Gasteiger partial charge in [-0.05, 0) is 57.9 Å². The highest BCUT2D eigenvalue weighted by atomic mass is 16.2. The summed E-state index contributed by atoms with van der Waals surface area (Å²) in [5.41, 5.74) is 3.00. The average molecular weight is 246 g/mol. The number of nitrogens with one attached hydrogen (secondary N) is 1. The molecule has 1 N–H and O–H groups in total. The van der Waals surface area contributed by atoms with E-state index in [2.05, 4.69) is 38.2 Å². The highest BCUT2D eigenvalue weighted by Gasteiger charge is 2.38. The van der Waals surface area contributed by atoms with Crippen LogP contribution in [0.25, 0.3) is 0 Å². The molecule has 1 aliphatic heterocycles. The van der Waals surface area contributed by atoms with Gasteiger partial charge in [0, 0.05) is 18.3 Å². The number of anilines is 1. The maximum absolute atomic E-state index is 12.5. The number of benzene rings is 1. The van der Waals surface area contributed by atoms with E-state index in [0.717, 1.165) is 12.2 Å². The summed E-state index contributed by atoms with van der Waals surface area (Å²) in [6.07, 6.45) is 0. The summed E-state index contributed by atoms with van der Waals surface area (Å²) < 4.78 is 0. The van der Waals surface area contributed by atoms with Crippen LogP contribution in [0.4, 0.5) is 5.69 Å². The van der Waals surface area contributed by atoms with Crippen molar-refractivity contribution >= 4 is 11.6 Å². The first-order valence-corrected chi connectivity index (χ1v) is 6.48. The van der Waals surface area contributed by atoms with Gasteiger partial charge in [0.15, 0.2) is 0 Å². The Kier molecular flexibility index (Phi) is 3.20. The van der Waals surface area contributed by atoms with Gasteiger partial charge in [-0.25, -0.2) is 0 Å². The number of aryl methyl sites for hydroxylation is 2. The molecule has 98 valence electrons. The zero-order valence-corrected chi connectivity index (χ0v) is 11.9. The van der Waals surface area contributed by atoms with Crippen LogP contribution in [0.1, 0.15) is 31.9 Å². The molecule has 1 aromatic rings. The second-order valence-corrected chi connectivity index (χ2v) is 5.85. The predicted molar refractivity (Wildman–Crippen MR) is 74.9 cm³/mol. The standard InChI is InChI=1S/C15H22N2O/c1-10-6-7-13(8-11(10)2)17-9-12(3)16-15(4,5)14(17)18/h6-8,12,16H,9H2,1-5H3. The first kappa shape index (κ1) is 13.1. The molecule has 1 amide bonds. The molecule has 0 aromatic heterocycles. The highest BCUT2D eigenvalue weighted by molar-refractivity contribution is 6.00. The molecule has 0 saturated carbocycles. The summed E-state index contributed by atoms with van der Waals surface area (Å²) in [7, 11) is 0. The van der Waals surface area contributed by atoms with Crippen molar-refractivity contribution in [1.29, 1.82) is 0 Å². The van der Waals surface area contributed by atoms with E-state index in [1.54, 1.807) is 0 Å². The van der Waals surface area contributed by atoms with Crippen molar-refractivity contribution in [3.05, 3.63) is 29.3 Å². The number of piperazine rings is 1. The number of carbonyl (C=O) groups excluding carboxylic acids is 1. The molecule has 1 unspecified atom stereocenters. The van der Waals surface area contributed by atoms with E-state index in [4.69, 9.17) is 0 Å². The van der Waals surface area contributed by atoms with Crippen molar-refractivity contribution in [2.24, 2.45) is 0 Å². The number of rotatable bonds is 1. The molecule has 1 fully saturated rings. The van der Waals surface area contributed by atoms with Gasteiger partial charge in [0.2, 0.25) is 5.91 Å². The Labute approximate surface area is 109 Å². The summed E-state index contributed by atoms with van der Waals surface area (Å²) in [4.78, 5) is 14.3. The van der Waals surface area contributed by atoms with E-state index in [-0.39, 0.29) is 5.91 Å². The number of carbonyl (C=O) groups is 1. The molecule has 1 aromatic carbocycles. The van der Waals surface area contributed by atoms with Gasteiger partial charge in [-0.1, -0.05) is 6.07 Å². The quantitative estimate of drug-likeness (QED) is 0.825. The SMILES string of the molecule is Cc1ccc(N2CC(C)NC(C)(C)C2=O)cc1C. The number of nitrogens with zero attached hydrogens (tertiary/aromatic N) is 1. The molecule has 1 heterocycles. The number of amides is 1. The van der Waals surface area contributed by atoms with Crippen LogP contribution in [0.5, 0.6) is 0 Å². The van der Waals surface area contributed by atoms with Crippen molar-refractivity contribution in [2.45, 2.75) is 46.2 Å². The van der Waals surface area contributed by atoms with Crippen molar-refractivity contribution in [1.82, 2.24) is 5.32 Å².